The van der Waals surface area contributed by atoms with Gasteiger partial charge >= 0.3 is 5.97 Å². The molecule has 2 aromatic rings. The second-order valence-electron chi connectivity index (χ2n) is 6.05. The van der Waals surface area contributed by atoms with E-state index in [0.717, 1.165) is 6.42 Å². The van der Waals surface area contributed by atoms with Gasteiger partial charge in [0, 0.05) is 18.3 Å². The number of rotatable bonds is 10. The monoisotopic (exact) mass is 400 g/mol. The summed E-state index contributed by atoms with van der Waals surface area (Å²) < 4.78 is 15.9. The number of carbonyl (C=O) groups is 3. The Kier molecular flexibility index (Phi) is 8.50. The highest BCUT2D eigenvalue weighted by Gasteiger charge is 2.11. The Labute approximate surface area is 169 Å². The number of anilines is 2. The summed E-state index contributed by atoms with van der Waals surface area (Å²) in [7, 11) is 0. The van der Waals surface area contributed by atoms with Crippen LogP contribution in [-0.4, -0.2) is 37.6 Å². The Morgan fingerprint density at radius 3 is 2.17 bits per heavy atom. The van der Waals surface area contributed by atoms with Gasteiger partial charge in [-0.15, -0.1) is 0 Å². The quantitative estimate of drug-likeness (QED) is 0.595. The molecule has 2 amide bonds. The van der Waals surface area contributed by atoms with Gasteiger partial charge in [-0.2, -0.15) is 0 Å². The van der Waals surface area contributed by atoms with Crippen LogP contribution in [0.3, 0.4) is 0 Å². The highest BCUT2D eigenvalue weighted by Crippen LogP contribution is 2.26. The fourth-order valence-corrected chi connectivity index (χ4v) is 2.30. The average Bonchev–Trinajstić information content (AvgIpc) is 2.69. The van der Waals surface area contributed by atoms with Crippen LogP contribution in [0.25, 0.3) is 0 Å². The molecule has 0 saturated heterocycles. The highest BCUT2D eigenvalue weighted by molar-refractivity contribution is 5.94. The smallest absolute Gasteiger partial charge is 0.344 e. The second kappa shape index (κ2) is 11.3. The standard InChI is InChI=1S/C21H24N2O6/c1-3-11-27-18-9-4-5-10-19(18)28-14-21(26)29-13-20(25)23-17-8-6-7-16(12-17)22-15(2)24/h4-10,12H,3,11,13-14H2,1-2H3,(H,22,24)(H,23,25). The lowest BCUT2D eigenvalue weighted by atomic mass is 10.2. The molecule has 0 aliphatic carbocycles. The molecule has 29 heavy (non-hydrogen) atoms. The van der Waals surface area contributed by atoms with Gasteiger partial charge in [0.2, 0.25) is 5.91 Å². The summed E-state index contributed by atoms with van der Waals surface area (Å²) in [6.45, 7) is 3.11. The van der Waals surface area contributed by atoms with E-state index >= 15 is 0 Å². The minimum Gasteiger partial charge on any atom is -0.490 e. The first-order valence-corrected chi connectivity index (χ1v) is 9.15. The molecule has 154 valence electrons. The molecule has 8 heteroatoms. The SMILES string of the molecule is CCCOc1ccccc1OCC(=O)OCC(=O)Nc1cccc(NC(C)=O)c1. The molecule has 0 atom stereocenters. The minimum absolute atomic E-state index is 0.218. The molecule has 8 nitrogen and oxygen atoms in total. The summed E-state index contributed by atoms with van der Waals surface area (Å²) in [5.74, 6) is -0.442. The first-order chi connectivity index (χ1) is 14.0. The van der Waals surface area contributed by atoms with Crippen LogP contribution in [0.2, 0.25) is 0 Å². The van der Waals surface area contributed by atoms with Gasteiger partial charge in [-0.25, -0.2) is 4.79 Å². The van der Waals surface area contributed by atoms with E-state index in [-0.39, 0.29) is 12.5 Å². The van der Waals surface area contributed by atoms with Crippen molar-refractivity contribution in [2.75, 3.05) is 30.5 Å². The van der Waals surface area contributed by atoms with Gasteiger partial charge in [0.15, 0.2) is 24.7 Å². The predicted molar refractivity (Wildman–Crippen MR) is 108 cm³/mol. The third kappa shape index (κ3) is 7.92. The van der Waals surface area contributed by atoms with Crippen LogP contribution in [0.4, 0.5) is 11.4 Å². The second-order valence-corrected chi connectivity index (χ2v) is 6.05. The topological polar surface area (TPSA) is 103 Å². The number of nitrogens with one attached hydrogen (secondary N) is 2. The van der Waals surface area contributed by atoms with Gasteiger partial charge in [-0.05, 0) is 36.8 Å². The molecule has 0 aliphatic heterocycles. The van der Waals surface area contributed by atoms with E-state index in [1.54, 1.807) is 48.5 Å². The number of hydrogen-bond donors (Lipinski definition) is 2. The third-order valence-electron chi connectivity index (χ3n) is 3.49. The lowest BCUT2D eigenvalue weighted by molar-refractivity contribution is -0.149. The minimum atomic E-state index is -0.683. The van der Waals surface area contributed by atoms with Crippen molar-refractivity contribution in [1.82, 2.24) is 0 Å². The van der Waals surface area contributed by atoms with E-state index in [2.05, 4.69) is 10.6 Å². The molecule has 2 rings (SSSR count). The molecule has 0 radical (unpaired) electrons. The number of amides is 2. The summed E-state index contributed by atoms with van der Waals surface area (Å²) in [6, 6.07) is 13.6. The Hall–Kier alpha value is -3.55. The van der Waals surface area contributed by atoms with Gasteiger partial charge in [-0.1, -0.05) is 25.1 Å². The van der Waals surface area contributed by atoms with Gasteiger partial charge in [0.1, 0.15) is 0 Å². The third-order valence-corrected chi connectivity index (χ3v) is 3.49. The van der Waals surface area contributed by atoms with Crippen molar-refractivity contribution in [3.8, 4) is 11.5 Å². The zero-order valence-electron chi connectivity index (χ0n) is 16.4. The largest absolute Gasteiger partial charge is 0.490 e. The Morgan fingerprint density at radius 1 is 0.862 bits per heavy atom. The maximum absolute atomic E-state index is 12.0. The number of hydrogen-bond acceptors (Lipinski definition) is 6. The Morgan fingerprint density at radius 2 is 1.52 bits per heavy atom. The van der Waals surface area contributed by atoms with Crippen molar-refractivity contribution in [2.45, 2.75) is 20.3 Å². The average molecular weight is 400 g/mol. The summed E-state index contributed by atoms with van der Waals surface area (Å²) >= 11 is 0. The van der Waals surface area contributed by atoms with E-state index in [0.29, 0.717) is 29.5 Å². The summed E-state index contributed by atoms with van der Waals surface area (Å²) in [4.78, 5) is 34.9. The summed E-state index contributed by atoms with van der Waals surface area (Å²) in [6.07, 6.45) is 0.846. The molecule has 0 bridgehead atoms. The highest BCUT2D eigenvalue weighted by atomic mass is 16.6. The van der Waals surface area contributed by atoms with Crippen LogP contribution >= 0.6 is 0 Å². The molecule has 0 saturated carbocycles. The van der Waals surface area contributed by atoms with E-state index in [4.69, 9.17) is 14.2 Å². The number of para-hydroxylation sites is 2. The van der Waals surface area contributed by atoms with Gasteiger partial charge in [-0.3, -0.25) is 9.59 Å². The van der Waals surface area contributed by atoms with Gasteiger partial charge in [0.05, 0.1) is 6.61 Å². The number of esters is 1. The Balaban J connectivity index is 1.78. The summed E-state index contributed by atoms with van der Waals surface area (Å²) in [5, 5.41) is 5.20. The van der Waals surface area contributed by atoms with Gasteiger partial charge < -0.3 is 24.8 Å². The lowest BCUT2D eigenvalue weighted by Crippen LogP contribution is -2.23. The first-order valence-electron chi connectivity index (χ1n) is 9.15. The van der Waals surface area contributed by atoms with Crippen LogP contribution in [-0.2, 0) is 19.1 Å². The van der Waals surface area contributed by atoms with Crippen LogP contribution in [0, 0.1) is 0 Å². The molecule has 2 aromatic carbocycles. The molecule has 0 spiro atoms. The first kappa shape index (κ1) is 21.7. The van der Waals surface area contributed by atoms with Crippen molar-refractivity contribution in [1.29, 1.82) is 0 Å². The van der Waals surface area contributed by atoms with Crippen molar-refractivity contribution in [3.05, 3.63) is 48.5 Å². The maximum atomic E-state index is 12.0. The predicted octanol–water partition coefficient (Wildman–Crippen LogP) is 2.99. The normalized spacial score (nSPS) is 10.0. The lowest BCUT2D eigenvalue weighted by Gasteiger charge is -2.12. The molecule has 0 heterocycles. The van der Waals surface area contributed by atoms with E-state index in [9.17, 15) is 14.4 Å². The van der Waals surface area contributed by atoms with Gasteiger partial charge in [0.25, 0.3) is 5.91 Å². The Bertz CT molecular complexity index is 853. The number of ether oxygens (including phenoxy) is 3. The van der Waals surface area contributed by atoms with Crippen LogP contribution in [0.1, 0.15) is 20.3 Å². The molecule has 2 N–H and O–H groups in total. The zero-order chi connectivity index (χ0) is 21.1. The van der Waals surface area contributed by atoms with Crippen molar-refractivity contribution in [2.24, 2.45) is 0 Å². The fourth-order valence-electron chi connectivity index (χ4n) is 2.30. The molecular weight excluding hydrogens is 376 g/mol. The zero-order valence-corrected chi connectivity index (χ0v) is 16.4. The number of benzene rings is 2. The van der Waals surface area contributed by atoms with Crippen LogP contribution in [0.15, 0.2) is 48.5 Å². The van der Waals surface area contributed by atoms with E-state index < -0.39 is 18.5 Å². The van der Waals surface area contributed by atoms with Crippen molar-refractivity contribution >= 4 is 29.2 Å². The van der Waals surface area contributed by atoms with E-state index in [1.807, 2.05) is 6.92 Å². The van der Waals surface area contributed by atoms with Crippen LogP contribution < -0.4 is 20.1 Å². The number of carbonyl (C=O) groups excluding carboxylic acids is 3. The van der Waals surface area contributed by atoms with E-state index in [1.165, 1.54) is 6.92 Å². The molecular formula is C21H24N2O6. The van der Waals surface area contributed by atoms with Crippen molar-refractivity contribution < 1.29 is 28.6 Å². The molecule has 0 aliphatic rings. The molecule has 0 aromatic heterocycles. The fraction of sp³-hybridized carbons (Fsp3) is 0.286. The molecule has 0 fully saturated rings. The van der Waals surface area contributed by atoms with Crippen molar-refractivity contribution in [3.63, 3.8) is 0 Å². The summed E-state index contributed by atoms with van der Waals surface area (Å²) in [5.41, 5.74) is 1.01. The molecule has 0 unspecified atom stereocenters. The maximum Gasteiger partial charge on any atom is 0.344 e. The van der Waals surface area contributed by atoms with Crippen LogP contribution in [0.5, 0.6) is 11.5 Å².